The molecule has 0 aliphatic heterocycles. The Morgan fingerprint density at radius 3 is 2.67 bits per heavy atom. The van der Waals surface area contributed by atoms with Gasteiger partial charge in [0.25, 0.3) is 0 Å². The highest BCUT2D eigenvalue weighted by molar-refractivity contribution is 5.24. The molecule has 0 aliphatic carbocycles. The predicted molar refractivity (Wildman–Crippen MR) is 75.3 cm³/mol. The van der Waals surface area contributed by atoms with Gasteiger partial charge in [0.05, 0.1) is 13.2 Å². The molecule has 0 heterocycles. The Balaban J connectivity index is 4.31. The van der Waals surface area contributed by atoms with Gasteiger partial charge < -0.3 is 14.6 Å². The van der Waals surface area contributed by atoms with Crippen LogP contribution in [-0.4, -0.2) is 31.7 Å². The second kappa shape index (κ2) is 11.2. The van der Waals surface area contributed by atoms with Crippen LogP contribution >= 0.6 is 0 Å². The molecule has 0 saturated heterocycles. The fourth-order valence-electron chi connectivity index (χ4n) is 1.41. The summed E-state index contributed by atoms with van der Waals surface area (Å²) in [5.74, 6) is -0.106. The number of aliphatic hydroxyl groups excluding tert-OH is 1. The SMILES string of the molecule is C=C/C(=C\C=C\CCC)C(C)C(O)OCCOC. The van der Waals surface area contributed by atoms with Gasteiger partial charge >= 0.3 is 0 Å². The van der Waals surface area contributed by atoms with Crippen LogP contribution in [0.25, 0.3) is 0 Å². The van der Waals surface area contributed by atoms with Gasteiger partial charge in [-0.2, -0.15) is 0 Å². The lowest BCUT2D eigenvalue weighted by Crippen LogP contribution is -2.24. The summed E-state index contributed by atoms with van der Waals surface area (Å²) in [6.07, 6.45) is 9.19. The van der Waals surface area contributed by atoms with Crippen LogP contribution in [0.2, 0.25) is 0 Å². The van der Waals surface area contributed by atoms with E-state index in [0.717, 1.165) is 18.4 Å². The fraction of sp³-hybridized carbons (Fsp3) is 0.600. The molecule has 0 aliphatic rings. The van der Waals surface area contributed by atoms with Gasteiger partial charge in [0, 0.05) is 13.0 Å². The van der Waals surface area contributed by atoms with E-state index in [1.807, 2.05) is 19.1 Å². The molecule has 3 heteroatoms. The summed E-state index contributed by atoms with van der Waals surface area (Å²) in [7, 11) is 1.60. The maximum absolute atomic E-state index is 9.86. The van der Waals surface area contributed by atoms with Crippen molar-refractivity contribution < 1.29 is 14.6 Å². The van der Waals surface area contributed by atoms with Crippen molar-refractivity contribution in [3.63, 3.8) is 0 Å². The number of ether oxygens (including phenoxy) is 2. The average molecular weight is 254 g/mol. The van der Waals surface area contributed by atoms with Gasteiger partial charge in [0.15, 0.2) is 6.29 Å². The molecule has 0 amide bonds. The largest absolute Gasteiger partial charge is 0.382 e. The molecule has 2 unspecified atom stereocenters. The van der Waals surface area contributed by atoms with Crippen LogP contribution in [0.4, 0.5) is 0 Å². The minimum absolute atomic E-state index is 0.106. The molecule has 2 atom stereocenters. The average Bonchev–Trinajstić information content (AvgIpc) is 2.38. The molecule has 0 bridgehead atoms. The molecule has 3 nitrogen and oxygen atoms in total. The molecule has 0 saturated carbocycles. The van der Waals surface area contributed by atoms with Gasteiger partial charge in [-0.15, -0.1) is 0 Å². The van der Waals surface area contributed by atoms with E-state index in [2.05, 4.69) is 19.6 Å². The zero-order chi connectivity index (χ0) is 13.8. The number of rotatable bonds is 10. The lowest BCUT2D eigenvalue weighted by molar-refractivity contribution is -0.129. The first kappa shape index (κ1) is 17.1. The van der Waals surface area contributed by atoms with Crippen molar-refractivity contribution in [3.8, 4) is 0 Å². The van der Waals surface area contributed by atoms with Gasteiger partial charge in [-0.25, -0.2) is 0 Å². The van der Waals surface area contributed by atoms with E-state index < -0.39 is 6.29 Å². The Hall–Kier alpha value is -0.900. The highest BCUT2D eigenvalue weighted by Crippen LogP contribution is 2.17. The number of hydrogen-bond acceptors (Lipinski definition) is 3. The quantitative estimate of drug-likeness (QED) is 0.370. The van der Waals surface area contributed by atoms with E-state index in [1.165, 1.54) is 0 Å². The van der Waals surface area contributed by atoms with E-state index in [-0.39, 0.29) is 5.92 Å². The topological polar surface area (TPSA) is 38.7 Å². The maximum Gasteiger partial charge on any atom is 0.161 e. The van der Waals surface area contributed by atoms with Crippen molar-refractivity contribution in [1.29, 1.82) is 0 Å². The summed E-state index contributed by atoms with van der Waals surface area (Å²) in [6.45, 7) is 8.69. The molecule has 0 aromatic rings. The molecule has 104 valence electrons. The van der Waals surface area contributed by atoms with E-state index in [1.54, 1.807) is 13.2 Å². The Bertz CT molecular complexity index is 269. The summed E-state index contributed by atoms with van der Waals surface area (Å²) in [5, 5.41) is 9.86. The molecule has 1 N–H and O–H groups in total. The van der Waals surface area contributed by atoms with Crippen molar-refractivity contribution in [2.24, 2.45) is 5.92 Å². The second-order valence-corrected chi connectivity index (χ2v) is 4.13. The van der Waals surface area contributed by atoms with E-state index in [0.29, 0.717) is 13.2 Å². The minimum Gasteiger partial charge on any atom is -0.382 e. The van der Waals surface area contributed by atoms with Crippen molar-refractivity contribution in [2.75, 3.05) is 20.3 Å². The Morgan fingerprint density at radius 1 is 1.39 bits per heavy atom. The summed E-state index contributed by atoms with van der Waals surface area (Å²) < 4.78 is 10.1. The van der Waals surface area contributed by atoms with E-state index in [9.17, 15) is 5.11 Å². The number of methoxy groups -OCH3 is 1. The first-order chi connectivity index (χ1) is 8.67. The third-order valence-corrected chi connectivity index (χ3v) is 2.65. The number of allylic oxidation sites excluding steroid dienone is 4. The van der Waals surface area contributed by atoms with E-state index >= 15 is 0 Å². The monoisotopic (exact) mass is 254 g/mol. The summed E-state index contributed by atoms with van der Waals surface area (Å²) in [4.78, 5) is 0. The second-order valence-electron chi connectivity index (χ2n) is 4.13. The Morgan fingerprint density at radius 2 is 2.11 bits per heavy atom. The fourth-order valence-corrected chi connectivity index (χ4v) is 1.41. The van der Waals surface area contributed by atoms with Gasteiger partial charge in [-0.05, 0) is 12.0 Å². The highest BCUT2D eigenvalue weighted by Gasteiger charge is 2.16. The molecular weight excluding hydrogens is 228 g/mol. The van der Waals surface area contributed by atoms with Gasteiger partial charge in [0.2, 0.25) is 0 Å². The van der Waals surface area contributed by atoms with Crippen molar-refractivity contribution in [1.82, 2.24) is 0 Å². The number of unbranched alkanes of at least 4 members (excludes halogenated alkanes) is 1. The van der Waals surface area contributed by atoms with Crippen LogP contribution in [-0.2, 0) is 9.47 Å². The number of hydrogen-bond donors (Lipinski definition) is 1. The van der Waals surface area contributed by atoms with Gasteiger partial charge in [0.1, 0.15) is 0 Å². The third kappa shape index (κ3) is 7.43. The summed E-state index contributed by atoms with van der Waals surface area (Å²) >= 11 is 0. The summed E-state index contributed by atoms with van der Waals surface area (Å²) in [5.41, 5.74) is 0.965. The lowest BCUT2D eigenvalue weighted by atomic mass is 10.00. The lowest BCUT2D eigenvalue weighted by Gasteiger charge is -2.20. The van der Waals surface area contributed by atoms with Crippen molar-refractivity contribution in [3.05, 3.63) is 36.5 Å². The molecular formula is C15H26O3. The molecule has 0 spiro atoms. The predicted octanol–water partition coefficient (Wildman–Crippen LogP) is 3.07. The highest BCUT2D eigenvalue weighted by atomic mass is 16.6. The normalized spacial score (nSPS) is 15.9. The maximum atomic E-state index is 9.86. The third-order valence-electron chi connectivity index (χ3n) is 2.65. The standard InChI is InChI=1S/C15H26O3/c1-5-7-8-9-10-14(6-2)13(3)15(16)18-12-11-17-4/h6,8-10,13,15-16H,2,5,7,11-12H2,1,3-4H3/b9-8+,14-10+. The van der Waals surface area contributed by atoms with Crippen molar-refractivity contribution in [2.45, 2.75) is 33.0 Å². The minimum atomic E-state index is -0.830. The summed E-state index contributed by atoms with van der Waals surface area (Å²) in [6, 6.07) is 0. The van der Waals surface area contributed by atoms with Crippen LogP contribution in [0.3, 0.4) is 0 Å². The Labute approximate surface area is 111 Å². The zero-order valence-electron chi connectivity index (χ0n) is 11.8. The smallest absolute Gasteiger partial charge is 0.161 e. The first-order valence-electron chi connectivity index (χ1n) is 6.45. The first-order valence-corrected chi connectivity index (χ1v) is 6.45. The molecule has 0 rings (SSSR count). The van der Waals surface area contributed by atoms with Crippen LogP contribution in [0.5, 0.6) is 0 Å². The molecule has 18 heavy (non-hydrogen) atoms. The van der Waals surface area contributed by atoms with E-state index in [4.69, 9.17) is 9.47 Å². The van der Waals surface area contributed by atoms with Crippen molar-refractivity contribution >= 4 is 0 Å². The molecule has 0 radical (unpaired) electrons. The molecule has 0 fully saturated rings. The van der Waals surface area contributed by atoms with Crippen LogP contribution in [0, 0.1) is 5.92 Å². The van der Waals surface area contributed by atoms with Crippen LogP contribution in [0.1, 0.15) is 26.7 Å². The number of aliphatic hydroxyl groups is 1. The van der Waals surface area contributed by atoms with Gasteiger partial charge in [-0.1, -0.05) is 51.2 Å². The molecule has 0 aromatic heterocycles. The zero-order valence-corrected chi connectivity index (χ0v) is 11.8. The van der Waals surface area contributed by atoms with Gasteiger partial charge in [-0.3, -0.25) is 0 Å². The van der Waals surface area contributed by atoms with Crippen LogP contribution < -0.4 is 0 Å². The Kier molecular flexibility index (Phi) is 10.6. The molecule has 0 aromatic carbocycles. The van der Waals surface area contributed by atoms with Crippen LogP contribution in [0.15, 0.2) is 36.5 Å².